The van der Waals surface area contributed by atoms with Crippen LogP contribution in [0.3, 0.4) is 0 Å². The lowest BCUT2D eigenvalue weighted by Crippen LogP contribution is -2.26. The summed E-state index contributed by atoms with van der Waals surface area (Å²) in [5.74, 6) is 0.337. The number of hydrogen-bond acceptors (Lipinski definition) is 4. The van der Waals surface area contributed by atoms with Gasteiger partial charge in [0.1, 0.15) is 0 Å². The Kier molecular flexibility index (Phi) is 7.86. The van der Waals surface area contributed by atoms with Gasteiger partial charge in [-0.3, -0.25) is 9.52 Å². The van der Waals surface area contributed by atoms with Gasteiger partial charge >= 0.3 is 0 Å². The van der Waals surface area contributed by atoms with Crippen LogP contribution in [0.25, 0.3) is 0 Å². The van der Waals surface area contributed by atoms with Crippen molar-refractivity contribution in [2.75, 3.05) is 24.4 Å². The van der Waals surface area contributed by atoms with Crippen molar-refractivity contribution >= 4 is 34.0 Å². The van der Waals surface area contributed by atoms with E-state index in [1.165, 1.54) is 12.1 Å². The van der Waals surface area contributed by atoms with Crippen LogP contribution < -0.4 is 15.4 Å². The molecule has 0 aromatic heterocycles. The number of hydrogen-bond donors (Lipinski definition) is 3. The molecule has 28 heavy (non-hydrogen) atoms. The van der Waals surface area contributed by atoms with Gasteiger partial charge in [-0.2, -0.15) is 0 Å². The highest BCUT2D eigenvalue weighted by Crippen LogP contribution is 2.18. The van der Waals surface area contributed by atoms with Gasteiger partial charge in [0.2, 0.25) is 0 Å². The zero-order valence-corrected chi connectivity index (χ0v) is 17.4. The second kappa shape index (κ2) is 9.91. The smallest absolute Gasteiger partial charge is 0.261 e. The summed E-state index contributed by atoms with van der Waals surface area (Å²) in [5.41, 5.74) is 1.79. The zero-order valence-electron chi connectivity index (χ0n) is 15.8. The predicted molar refractivity (Wildman–Crippen MR) is 114 cm³/mol. The number of halogens is 1. The van der Waals surface area contributed by atoms with Gasteiger partial charge < -0.3 is 10.6 Å². The van der Waals surface area contributed by atoms with Crippen molar-refractivity contribution in [1.29, 1.82) is 0 Å². The van der Waals surface area contributed by atoms with Gasteiger partial charge in [-0.05, 0) is 74.7 Å². The molecule has 0 spiro atoms. The highest BCUT2D eigenvalue weighted by Gasteiger charge is 2.17. The third-order valence-corrected chi connectivity index (χ3v) is 6.06. The second-order valence-electron chi connectivity index (χ2n) is 6.91. The van der Waals surface area contributed by atoms with Crippen LogP contribution >= 0.6 is 12.4 Å². The van der Waals surface area contributed by atoms with E-state index in [9.17, 15) is 13.2 Å². The molecule has 1 aliphatic heterocycles. The second-order valence-corrected chi connectivity index (χ2v) is 8.59. The van der Waals surface area contributed by atoms with E-state index >= 15 is 0 Å². The Morgan fingerprint density at radius 2 is 1.96 bits per heavy atom. The molecule has 1 amide bonds. The Labute approximate surface area is 172 Å². The third kappa shape index (κ3) is 5.95. The Bertz CT molecular complexity index is 912. The summed E-state index contributed by atoms with van der Waals surface area (Å²) in [7, 11) is -3.76. The van der Waals surface area contributed by atoms with Crippen LogP contribution in [0.15, 0.2) is 53.4 Å². The van der Waals surface area contributed by atoms with Crippen molar-refractivity contribution in [1.82, 2.24) is 10.6 Å². The van der Waals surface area contributed by atoms with Crippen molar-refractivity contribution in [2.45, 2.75) is 24.7 Å². The highest BCUT2D eigenvalue weighted by molar-refractivity contribution is 7.92. The van der Waals surface area contributed by atoms with Crippen molar-refractivity contribution in [3.8, 4) is 0 Å². The fraction of sp³-hybridized carbons (Fsp3) is 0.350. The third-order valence-electron chi connectivity index (χ3n) is 4.68. The zero-order chi connectivity index (χ0) is 19.3. The van der Waals surface area contributed by atoms with Crippen LogP contribution in [-0.2, 0) is 10.0 Å². The molecule has 6 nitrogen and oxygen atoms in total. The van der Waals surface area contributed by atoms with Crippen molar-refractivity contribution in [3.63, 3.8) is 0 Å². The Hall–Kier alpha value is -2.09. The normalized spacial score (nSPS) is 16.2. The number of anilines is 1. The molecule has 3 rings (SSSR count). The average molecular weight is 424 g/mol. The Balaban J connectivity index is 0.00000280. The monoisotopic (exact) mass is 423 g/mol. The molecule has 1 atom stereocenters. The number of sulfonamides is 1. The van der Waals surface area contributed by atoms with E-state index in [4.69, 9.17) is 0 Å². The Morgan fingerprint density at radius 3 is 2.68 bits per heavy atom. The number of aryl methyl sites for hydroxylation is 1. The number of benzene rings is 2. The molecule has 1 aliphatic rings. The summed E-state index contributed by atoms with van der Waals surface area (Å²) in [6.45, 7) is 4.51. The first kappa shape index (κ1) is 22.2. The van der Waals surface area contributed by atoms with E-state index in [1.54, 1.807) is 30.3 Å². The lowest BCUT2D eigenvalue weighted by atomic mass is 10.1. The number of rotatable bonds is 7. The van der Waals surface area contributed by atoms with E-state index in [0.29, 0.717) is 23.7 Å². The molecule has 1 unspecified atom stereocenters. The molecule has 3 N–H and O–H groups in total. The van der Waals surface area contributed by atoms with E-state index in [0.717, 1.165) is 31.5 Å². The highest BCUT2D eigenvalue weighted by atomic mass is 35.5. The van der Waals surface area contributed by atoms with E-state index in [2.05, 4.69) is 15.4 Å². The van der Waals surface area contributed by atoms with Crippen LogP contribution in [0.1, 0.15) is 28.8 Å². The van der Waals surface area contributed by atoms with E-state index < -0.39 is 10.0 Å². The summed E-state index contributed by atoms with van der Waals surface area (Å²) in [4.78, 5) is 12.4. The number of amides is 1. The summed E-state index contributed by atoms with van der Waals surface area (Å²) >= 11 is 0. The molecule has 1 fully saturated rings. The molecule has 152 valence electrons. The van der Waals surface area contributed by atoms with Crippen molar-refractivity contribution in [3.05, 3.63) is 59.7 Å². The van der Waals surface area contributed by atoms with E-state index in [-0.39, 0.29) is 23.2 Å². The van der Waals surface area contributed by atoms with Gasteiger partial charge in [0.25, 0.3) is 15.9 Å². The molecule has 0 bridgehead atoms. The predicted octanol–water partition coefficient (Wildman–Crippen LogP) is 2.95. The first-order valence-corrected chi connectivity index (χ1v) is 10.6. The first-order chi connectivity index (χ1) is 12.9. The van der Waals surface area contributed by atoms with Gasteiger partial charge in [0, 0.05) is 17.8 Å². The van der Waals surface area contributed by atoms with Gasteiger partial charge in [0.05, 0.1) is 4.90 Å². The van der Waals surface area contributed by atoms with E-state index in [1.807, 2.05) is 13.0 Å². The summed E-state index contributed by atoms with van der Waals surface area (Å²) < 4.78 is 27.8. The first-order valence-electron chi connectivity index (χ1n) is 9.12. The standard InChI is InChI=1S/C20H25N3O3S.ClH/c1-15-4-2-6-18(12-15)23-27(25,26)19-7-3-5-17(13-19)20(24)22-11-9-16-8-10-21-14-16;/h2-7,12-13,16,21,23H,8-11,14H2,1H3,(H,22,24);1H. The van der Waals surface area contributed by atoms with Crippen molar-refractivity contribution in [2.24, 2.45) is 5.92 Å². The SMILES string of the molecule is Cc1cccc(NS(=O)(=O)c2cccc(C(=O)NCCC3CCNC3)c2)c1.Cl. The summed E-state index contributed by atoms with van der Waals surface area (Å²) in [5, 5.41) is 6.18. The fourth-order valence-electron chi connectivity index (χ4n) is 3.18. The largest absolute Gasteiger partial charge is 0.352 e. The molecule has 2 aromatic carbocycles. The minimum Gasteiger partial charge on any atom is -0.352 e. The summed E-state index contributed by atoms with van der Waals surface area (Å²) in [6, 6.07) is 13.2. The molecule has 1 saturated heterocycles. The van der Waals surface area contributed by atoms with Gasteiger partial charge in [-0.1, -0.05) is 18.2 Å². The molecular formula is C20H26ClN3O3S. The number of nitrogens with one attached hydrogen (secondary N) is 3. The quantitative estimate of drug-likeness (QED) is 0.639. The molecule has 0 aliphatic carbocycles. The maximum absolute atomic E-state index is 12.6. The molecule has 0 radical (unpaired) electrons. The Morgan fingerprint density at radius 1 is 1.18 bits per heavy atom. The minimum absolute atomic E-state index is 0. The molecule has 1 heterocycles. The molecular weight excluding hydrogens is 398 g/mol. The fourth-order valence-corrected chi connectivity index (χ4v) is 4.27. The molecule has 0 saturated carbocycles. The van der Waals surface area contributed by atoms with Gasteiger partial charge in [0.15, 0.2) is 0 Å². The minimum atomic E-state index is -3.76. The summed E-state index contributed by atoms with van der Waals surface area (Å²) in [6.07, 6.45) is 2.06. The van der Waals surface area contributed by atoms with Gasteiger partial charge in [-0.25, -0.2) is 8.42 Å². The van der Waals surface area contributed by atoms with Crippen molar-refractivity contribution < 1.29 is 13.2 Å². The lowest BCUT2D eigenvalue weighted by molar-refractivity contribution is 0.0951. The molecule has 8 heteroatoms. The van der Waals surface area contributed by atoms with Crippen LogP contribution in [0.4, 0.5) is 5.69 Å². The maximum Gasteiger partial charge on any atom is 0.261 e. The lowest BCUT2D eigenvalue weighted by Gasteiger charge is -2.11. The average Bonchev–Trinajstić information content (AvgIpc) is 3.15. The number of carbonyl (C=O) groups excluding carboxylic acids is 1. The topological polar surface area (TPSA) is 87.3 Å². The molecule has 2 aromatic rings. The van der Waals surface area contributed by atoms with Crippen LogP contribution in [0, 0.1) is 12.8 Å². The maximum atomic E-state index is 12.6. The van der Waals surface area contributed by atoms with Crippen LogP contribution in [-0.4, -0.2) is 34.0 Å². The number of carbonyl (C=O) groups is 1. The van der Waals surface area contributed by atoms with Gasteiger partial charge in [-0.15, -0.1) is 12.4 Å². The van der Waals surface area contributed by atoms with Crippen LogP contribution in [0.5, 0.6) is 0 Å². The van der Waals surface area contributed by atoms with Crippen LogP contribution in [0.2, 0.25) is 0 Å².